The maximum absolute atomic E-state index is 5.81. The largest absolute Gasteiger partial charge is 0.329 e. The first-order valence-electron chi connectivity index (χ1n) is 6.60. The topological polar surface area (TPSA) is 47.1 Å². The Kier molecular flexibility index (Phi) is 5.63. The summed E-state index contributed by atoms with van der Waals surface area (Å²) in [7, 11) is 0. The predicted molar refractivity (Wildman–Crippen MR) is 77.1 cm³/mol. The molecule has 0 bridgehead atoms. The van der Waals surface area contributed by atoms with Crippen molar-refractivity contribution in [2.24, 2.45) is 5.73 Å². The van der Waals surface area contributed by atoms with Crippen LogP contribution in [0.2, 0.25) is 0 Å². The molecule has 0 aromatic carbocycles. The van der Waals surface area contributed by atoms with Crippen molar-refractivity contribution in [3.05, 3.63) is 17.5 Å². The molecule has 1 aromatic heterocycles. The van der Waals surface area contributed by atoms with E-state index in [1.807, 2.05) is 0 Å². The lowest BCUT2D eigenvalue weighted by Gasteiger charge is -2.22. The molecule has 4 nitrogen and oxygen atoms in total. The number of halogens is 1. The number of likely N-dealkylation sites (tertiary alicyclic amines) is 1. The standard InChI is InChI=1S/C13H24N4.ClH/c1-10(2)17-9-12(11(3)15-17)8-16-6-4-5-13(16)7-14;/h9-10,13H,4-8,14H2,1-3H3;1H. The van der Waals surface area contributed by atoms with E-state index >= 15 is 0 Å². The first-order chi connectivity index (χ1) is 8.11. The Bertz CT molecular complexity index is 375. The van der Waals surface area contributed by atoms with Crippen molar-refractivity contribution < 1.29 is 0 Å². The van der Waals surface area contributed by atoms with Gasteiger partial charge in [-0.25, -0.2) is 0 Å². The molecule has 1 fully saturated rings. The minimum atomic E-state index is 0. The minimum Gasteiger partial charge on any atom is -0.329 e. The SMILES string of the molecule is Cc1nn(C(C)C)cc1CN1CCCC1CN.Cl. The molecular formula is C13H25ClN4. The Morgan fingerprint density at radius 1 is 1.50 bits per heavy atom. The van der Waals surface area contributed by atoms with Crippen LogP contribution in [0.25, 0.3) is 0 Å². The van der Waals surface area contributed by atoms with Crippen molar-refractivity contribution in [3.63, 3.8) is 0 Å². The summed E-state index contributed by atoms with van der Waals surface area (Å²) in [6.45, 7) is 9.37. The number of nitrogens with two attached hydrogens (primary N) is 1. The second-order valence-corrected chi connectivity index (χ2v) is 5.32. The molecule has 1 aromatic rings. The van der Waals surface area contributed by atoms with Gasteiger partial charge in [-0.1, -0.05) is 0 Å². The molecule has 104 valence electrons. The van der Waals surface area contributed by atoms with Gasteiger partial charge in [-0.2, -0.15) is 5.10 Å². The molecule has 1 aliphatic rings. The highest BCUT2D eigenvalue weighted by atomic mass is 35.5. The molecule has 1 aliphatic heterocycles. The predicted octanol–water partition coefficient (Wildman–Crippen LogP) is 2.12. The van der Waals surface area contributed by atoms with E-state index < -0.39 is 0 Å². The van der Waals surface area contributed by atoms with E-state index in [2.05, 4.69) is 41.6 Å². The number of rotatable bonds is 4. The van der Waals surface area contributed by atoms with Gasteiger partial charge in [0.1, 0.15) is 0 Å². The lowest BCUT2D eigenvalue weighted by molar-refractivity contribution is 0.249. The Hall–Kier alpha value is -0.580. The third-order valence-electron chi connectivity index (χ3n) is 3.69. The van der Waals surface area contributed by atoms with Crippen LogP contribution in [-0.4, -0.2) is 33.8 Å². The first-order valence-corrected chi connectivity index (χ1v) is 6.60. The van der Waals surface area contributed by atoms with Crippen molar-refractivity contribution in [2.45, 2.75) is 52.2 Å². The molecule has 2 heterocycles. The fraction of sp³-hybridized carbons (Fsp3) is 0.769. The summed E-state index contributed by atoms with van der Waals surface area (Å²) in [6, 6.07) is 1.00. The van der Waals surface area contributed by atoms with Gasteiger partial charge < -0.3 is 5.73 Å². The van der Waals surface area contributed by atoms with Gasteiger partial charge in [-0.05, 0) is 40.2 Å². The van der Waals surface area contributed by atoms with Crippen LogP contribution in [0.1, 0.15) is 44.0 Å². The fourth-order valence-corrected chi connectivity index (χ4v) is 2.53. The molecule has 1 atom stereocenters. The number of aromatic nitrogens is 2. The molecule has 0 radical (unpaired) electrons. The molecule has 0 amide bonds. The highest BCUT2D eigenvalue weighted by Crippen LogP contribution is 2.21. The lowest BCUT2D eigenvalue weighted by Crippen LogP contribution is -2.34. The third-order valence-corrected chi connectivity index (χ3v) is 3.69. The van der Waals surface area contributed by atoms with Crippen LogP contribution in [0, 0.1) is 6.92 Å². The zero-order chi connectivity index (χ0) is 12.4. The highest BCUT2D eigenvalue weighted by molar-refractivity contribution is 5.85. The van der Waals surface area contributed by atoms with Crippen LogP contribution in [0.3, 0.4) is 0 Å². The van der Waals surface area contributed by atoms with Gasteiger partial charge in [0.25, 0.3) is 0 Å². The van der Waals surface area contributed by atoms with Crippen LogP contribution in [-0.2, 0) is 6.54 Å². The molecule has 18 heavy (non-hydrogen) atoms. The summed E-state index contributed by atoms with van der Waals surface area (Å²) in [6.07, 6.45) is 4.71. The van der Waals surface area contributed by atoms with Crippen molar-refractivity contribution >= 4 is 12.4 Å². The fourth-order valence-electron chi connectivity index (χ4n) is 2.53. The van der Waals surface area contributed by atoms with E-state index in [9.17, 15) is 0 Å². The van der Waals surface area contributed by atoms with Gasteiger partial charge in [-0.3, -0.25) is 9.58 Å². The van der Waals surface area contributed by atoms with E-state index in [0.29, 0.717) is 12.1 Å². The van der Waals surface area contributed by atoms with Crippen molar-refractivity contribution in [1.82, 2.24) is 14.7 Å². The number of hydrogen-bond acceptors (Lipinski definition) is 3. The van der Waals surface area contributed by atoms with Crippen LogP contribution >= 0.6 is 12.4 Å². The zero-order valence-electron chi connectivity index (χ0n) is 11.6. The van der Waals surface area contributed by atoms with E-state index in [1.165, 1.54) is 24.9 Å². The van der Waals surface area contributed by atoms with Crippen LogP contribution < -0.4 is 5.73 Å². The number of hydrogen-bond donors (Lipinski definition) is 1. The maximum Gasteiger partial charge on any atom is 0.0638 e. The summed E-state index contributed by atoms with van der Waals surface area (Å²) in [5.41, 5.74) is 8.31. The van der Waals surface area contributed by atoms with Gasteiger partial charge in [-0.15, -0.1) is 12.4 Å². The molecule has 0 spiro atoms. The maximum atomic E-state index is 5.81. The van der Waals surface area contributed by atoms with Gasteiger partial charge in [0, 0.05) is 36.9 Å². The van der Waals surface area contributed by atoms with E-state index in [-0.39, 0.29) is 12.4 Å². The molecule has 2 N–H and O–H groups in total. The Labute approximate surface area is 116 Å². The Morgan fingerprint density at radius 3 is 2.78 bits per heavy atom. The summed E-state index contributed by atoms with van der Waals surface area (Å²) in [4.78, 5) is 2.49. The smallest absolute Gasteiger partial charge is 0.0638 e. The Morgan fingerprint density at radius 2 is 2.22 bits per heavy atom. The summed E-state index contributed by atoms with van der Waals surface area (Å²) in [5, 5.41) is 4.56. The summed E-state index contributed by atoms with van der Waals surface area (Å²) >= 11 is 0. The second-order valence-electron chi connectivity index (χ2n) is 5.32. The van der Waals surface area contributed by atoms with Crippen molar-refractivity contribution in [2.75, 3.05) is 13.1 Å². The number of aryl methyl sites for hydroxylation is 1. The molecule has 1 saturated heterocycles. The second kappa shape index (κ2) is 6.55. The summed E-state index contributed by atoms with van der Waals surface area (Å²) < 4.78 is 2.05. The van der Waals surface area contributed by atoms with Crippen molar-refractivity contribution in [3.8, 4) is 0 Å². The minimum absolute atomic E-state index is 0. The van der Waals surface area contributed by atoms with E-state index in [4.69, 9.17) is 5.73 Å². The highest BCUT2D eigenvalue weighted by Gasteiger charge is 2.24. The normalized spacial score (nSPS) is 20.4. The third kappa shape index (κ3) is 3.25. The molecule has 2 rings (SSSR count). The average Bonchev–Trinajstić information content (AvgIpc) is 2.87. The molecular weight excluding hydrogens is 248 g/mol. The Balaban J connectivity index is 0.00000162. The van der Waals surface area contributed by atoms with Gasteiger partial charge >= 0.3 is 0 Å². The average molecular weight is 273 g/mol. The summed E-state index contributed by atoms with van der Waals surface area (Å²) in [5.74, 6) is 0. The van der Waals surface area contributed by atoms with E-state index in [1.54, 1.807) is 0 Å². The van der Waals surface area contributed by atoms with Crippen molar-refractivity contribution in [1.29, 1.82) is 0 Å². The molecule has 1 unspecified atom stereocenters. The zero-order valence-corrected chi connectivity index (χ0v) is 12.4. The van der Waals surface area contributed by atoms with Gasteiger partial charge in [0.15, 0.2) is 0 Å². The van der Waals surface area contributed by atoms with Crippen LogP contribution in [0.15, 0.2) is 6.20 Å². The van der Waals surface area contributed by atoms with Crippen LogP contribution in [0.4, 0.5) is 0 Å². The molecule has 0 saturated carbocycles. The lowest BCUT2D eigenvalue weighted by atomic mass is 10.2. The molecule has 0 aliphatic carbocycles. The van der Waals surface area contributed by atoms with E-state index in [0.717, 1.165) is 18.8 Å². The van der Waals surface area contributed by atoms with Crippen LogP contribution in [0.5, 0.6) is 0 Å². The van der Waals surface area contributed by atoms with Gasteiger partial charge in [0.2, 0.25) is 0 Å². The van der Waals surface area contributed by atoms with Gasteiger partial charge in [0.05, 0.1) is 5.69 Å². The monoisotopic (exact) mass is 272 g/mol. The quantitative estimate of drug-likeness (QED) is 0.913. The number of nitrogens with zero attached hydrogens (tertiary/aromatic N) is 3. The molecule has 5 heteroatoms. The first kappa shape index (κ1) is 15.5.